The van der Waals surface area contributed by atoms with Crippen LogP contribution in [-0.2, 0) is 4.79 Å². The molecule has 15 heavy (non-hydrogen) atoms. The first-order valence-corrected chi connectivity index (χ1v) is 6.51. The molecule has 3 unspecified atom stereocenters. The summed E-state index contributed by atoms with van der Waals surface area (Å²) in [6.45, 7) is 7.05. The minimum Gasteiger partial charge on any atom is -0.299 e. The minimum atomic E-state index is 0.0708. The predicted molar refractivity (Wildman–Crippen MR) is 60.5 cm³/mol. The second kappa shape index (κ2) is 2.67. The molecule has 4 atom stereocenters. The monoisotopic (exact) mass is 206 g/mol. The van der Waals surface area contributed by atoms with Gasteiger partial charge in [0.25, 0.3) is 0 Å². The van der Waals surface area contributed by atoms with Crippen molar-refractivity contribution in [1.82, 2.24) is 0 Å². The van der Waals surface area contributed by atoms with Crippen molar-refractivity contribution in [3.8, 4) is 0 Å². The molecular formula is C14H22O. The quantitative estimate of drug-likeness (QED) is 0.593. The number of carbonyl (C=O) groups excluding carboxylic acids is 1. The zero-order valence-corrected chi connectivity index (χ0v) is 10.2. The van der Waals surface area contributed by atoms with Crippen molar-refractivity contribution in [2.24, 2.45) is 28.6 Å². The Balaban J connectivity index is 2.10. The maximum Gasteiger partial charge on any atom is 0.142 e. The van der Waals surface area contributed by atoms with E-state index in [2.05, 4.69) is 20.8 Å². The molecule has 3 aliphatic carbocycles. The van der Waals surface area contributed by atoms with Crippen LogP contribution < -0.4 is 0 Å². The first kappa shape index (κ1) is 9.86. The van der Waals surface area contributed by atoms with Crippen LogP contribution in [0.3, 0.4) is 0 Å². The molecule has 0 aromatic rings. The van der Waals surface area contributed by atoms with Crippen molar-refractivity contribution in [2.75, 3.05) is 0 Å². The summed E-state index contributed by atoms with van der Waals surface area (Å²) < 4.78 is 0. The maximum atomic E-state index is 12.4. The summed E-state index contributed by atoms with van der Waals surface area (Å²) in [6.07, 6.45) is 6.25. The molecule has 3 saturated carbocycles. The summed E-state index contributed by atoms with van der Waals surface area (Å²) in [5.41, 5.74) is 0.483. The molecule has 0 aromatic heterocycles. The van der Waals surface area contributed by atoms with E-state index in [1.165, 1.54) is 25.7 Å². The highest BCUT2D eigenvalue weighted by molar-refractivity contribution is 5.91. The van der Waals surface area contributed by atoms with Crippen LogP contribution >= 0.6 is 0 Å². The van der Waals surface area contributed by atoms with Gasteiger partial charge in [0.05, 0.1) is 0 Å². The first-order chi connectivity index (χ1) is 6.97. The number of hydrogen-bond donors (Lipinski definition) is 0. The third-order valence-electron chi connectivity index (χ3n) is 5.79. The van der Waals surface area contributed by atoms with Gasteiger partial charge in [0.1, 0.15) is 5.78 Å². The van der Waals surface area contributed by atoms with E-state index >= 15 is 0 Å². The SMILES string of the molecule is CC1(C)CCC[C@]2(C)C(=O)C3CCC2C31. The van der Waals surface area contributed by atoms with E-state index in [4.69, 9.17) is 0 Å². The predicted octanol–water partition coefficient (Wildman–Crippen LogP) is 3.43. The Morgan fingerprint density at radius 3 is 2.60 bits per heavy atom. The average molecular weight is 206 g/mol. The van der Waals surface area contributed by atoms with Gasteiger partial charge in [-0.3, -0.25) is 4.79 Å². The number of ketones is 1. The number of rotatable bonds is 0. The fourth-order valence-electron chi connectivity index (χ4n) is 5.09. The molecule has 0 spiro atoms. The molecular weight excluding hydrogens is 184 g/mol. The Kier molecular flexibility index (Phi) is 1.76. The Bertz CT molecular complexity index is 317. The largest absolute Gasteiger partial charge is 0.299 e. The summed E-state index contributed by atoms with van der Waals surface area (Å²) >= 11 is 0. The molecule has 3 fully saturated rings. The van der Waals surface area contributed by atoms with Crippen LogP contribution in [0.15, 0.2) is 0 Å². The number of Topliss-reactive ketones (excluding diaryl/α,β-unsaturated/α-hetero) is 1. The summed E-state index contributed by atoms with van der Waals surface area (Å²) in [4.78, 5) is 12.4. The van der Waals surface area contributed by atoms with Gasteiger partial charge in [-0.25, -0.2) is 0 Å². The van der Waals surface area contributed by atoms with Gasteiger partial charge < -0.3 is 0 Å². The third-order valence-corrected chi connectivity index (χ3v) is 5.79. The van der Waals surface area contributed by atoms with Gasteiger partial charge in [0, 0.05) is 11.3 Å². The molecule has 1 heteroatoms. The lowest BCUT2D eigenvalue weighted by Crippen LogP contribution is -2.33. The van der Waals surface area contributed by atoms with Crippen molar-refractivity contribution in [3.05, 3.63) is 0 Å². The summed E-state index contributed by atoms with van der Waals surface area (Å²) in [5.74, 6) is 2.47. The standard InChI is InChI=1S/C14H22O/c1-13(2)7-4-8-14(3)10-6-5-9(11(10)13)12(14)15/h9-11H,4-8H2,1-3H3/t9?,10?,11?,14-/m0/s1. The molecule has 4 bridgehead atoms. The highest BCUT2D eigenvalue weighted by Gasteiger charge is 2.64. The second-order valence-electron chi connectivity index (χ2n) is 6.94. The zero-order chi connectivity index (χ0) is 10.8. The molecule has 0 saturated heterocycles. The van der Waals surface area contributed by atoms with Gasteiger partial charge in [-0.15, -0.1) is 0 Å². The normalized spacial score (nSPS) is 51.9. The van der Waals surface area contributed by atoms with E-state index in [1.807, 2.05) is 0 Å². The summed E-state index contributed by atoms with van der Waals surface area (Å²) in [5, 5.41) is 0. The van der Waals surface area contributed by atoms with Gasteiger partial charge in [0.15, 0.2) is 0 Å². The lowest BCUT2D eigenvalue weighted by atomic mass is 9.70. The van der Waals surface area contributed by atoms with Crippen LogP contribution in [0.2, 0.25) is 0 Å². The Morgan fingerprint density at radius 2 is 1.87 bits per heavy atom. The van der Waals surface area contributed by atoms with Crippen LogP contribution in [-0.4, -0.2) is 5.78 Å². The fraction of sp³-hybridized carbons (Fsp3) is 0.929. The highest BCUT2D eigenvalue weighted by atomic mass is 16.1. The Morgan fingerprint density at radius 1 is 1.13 bits per heavy atom. The Hall–Kier alpha value is -0.330. The topological polar surface area (TPSA) is 17.1 Å². The van der Waals surface area contributed by atoms with E-state index in [9.17, 15) is 4.79 Å². The molecule has 84 valence electrons. The van der Waals surface area contributed by atoms with Gasteiger partial charge in [0.2, 0.25) is 0 Å². The summed E-state index contributed by atoms with van der Waals surface area (Å²) in [7, 11) is 0. The lowest BCUT2D eigenvalue weighted by molar-refractivity contribution is -0.132. The van der Waals surface area contributed by atoms with E-state index in [0.29, 0.717) is 29.0 Å². The van der Waals surface area contributed by atoms with Crippen molar-refractivity contribution >= 4 is 5.78 Å². The molecule has 3 rings (SSSR count). The second-order valence-corrected chi connectivity index (χ2v) is 6.94. The number of carbonyl (C=O) groups is 1. The van der Waals surface area contributed by atoms with Crippen molar-refractivity contribution in [1.29, 1.82) is 0 Å². The zero-order valence-electron chi connectivity index (χ0n) is 10.2. The van der Waals surface area contributed by atoms with E-state index in [0.717, 1.165) is 6.42 Å². The summed E-state index contributed by atoms with van der Waals surface area (Å²) in [6, 6.07) is 0. The van der Waals surface area contributed by atoms with Gasteiger partial charge >= 0.3 is 0 Å². The maximum absolute atomic E-state index is 12.4. The molecule has 0 aliphatic heterocycles. The molecule has 0 amide bonds. The van der Waals surface area contributed by atoms with Crippen LogP contribution in [0, 0.1) is 28.6 Å². The molecule has 0 radical (unpaired) electrons. The van der Waals surface area contributed by atoms with E-state index in [-0.39, 0.29) is 5.41 Å². The molecule has 0 heterocycles. The van der Waals surface area contributed by atoms with Crippen LogP contribution in [0.4, 0.5) is 0 Å². The molecule has 1 nitrogen and oxygen atoms in total. The lowest BCUT2D eigenvalue weighted by Gasteiger charge is -2.33. The van der Waals surface area contributed by atoms with Crippen LogP contribution in [0.5, 0.6) is 0 Å². The first-order valence-electron chi connectivity index (χ1n) is 6.51. The van der Waals surface area contributed by atoms with E-state index in [1.54, 1.807) is 0 Å². The van der Waals surface area contributed by atoms with Crippen molar-refractivity contribution < 1.29 is 4.79 Å². The van der Waals surface area contributed by atoms with E-state index < -0.39 is 0 Å². The Labute approximate surface area is 92.6 Å². The molecule has 0 aromatic carbocycles. The van der Waals surface area contributed by atoms with Crippen molar-refractivity contribution in [2.45, 2.75) is 52.9 Å². The van der Waals surface area contributed by atoms with Crippen molar-refractivity contribution in [3.63, 3.8) is 0 Å². The van der Waals surface area contributed by atoms with Crippen LogP contribution in [0.25, 0.3) is 0 Å². The number of hydrogen-bond acceptors (Lipinski definition) is 1. The highest BCUT2D eigenvalue weighted by Crippen LogP contribution is 2.66. The van der Waals surface area contributed by atoms with Gasteiger partial charge in [-0.2, -0.15) is 0 Å². The fourth-order valence-corrected chi connectivity index (χ4v) is 5.09. The van der Waals surface area contributed by atoms with Gasteiger partial charge in [-0.1, -0.05) is 27.2 Å². The van der Waals surface area contributed by atoms with Gasteiger partial charge in [-0.05, 0) is 42.9 Å². The molecule has 3 aliphatic rings. The smallest absolute Gasteiger partial charge is 0.142 e. The average Bonchev–Trinajstić information content (AvgIpc) is 2.63. The molecule has 0 N–H and O–H groups in total. The minimum absolute atomic E-state index is 0.0708. The van der Waals surface area contributed by atoms with Crippen LogP contribution in [0.1, 0.15) is 52.9 Å². The third kappa shape index (κ3) is 1.02.